The molecule has 3 N–H and O–H groups in total. The van der Waals surface area contributed by atoms with Crippen molar-refractivity contribution in [1.29, 1.82) is 0 Å². The molecule has 0 bridgehead atoms. The first-order valence-electron chi connectivity index (χ1n) is 4.98. The van der Waals surface area contributed by atoms with Gasteiger partial charge < -0.3 is 15.8 Å². The third kappa shape index (κ3) is 3.64. The number of anilines is 1. The zero-order valence-corrected chi connectivity index (χ0v) is 10.1. The number of rotatable bonds is 4. The average molecular weight is 257 g/mol. The normalized spacial score (nSPS) is 9.76. The first-order valence-corrected chi connectivity index (χ1v) is 5.35. The molecule has 0 spiro atoms. The van der Waals surface area contributed by atoms with Crippen molar-refractivity contribution in [2.75, 3.05) is 19.4 Å². The number of hydrogen-bond acceptors (Lipinski definition) is 4. The summed E-state index contributed by atoms with van der Waals surface area (Å²) >= 11 is 5.77. The molecule has 0 atom stereocenters. The second-order valence-electron chi connectivity index (χ2n) is 3.26. The highest BCUT2D eigenvalue weighted by Gasteiger charge is 2.13. The molecule has 0 saturated heterocycles. The third-order valence-electron chi connectivity index (χ3n) is 2.11. The topological polar surface area (TPSA) is 81.4 Å². The van der Waals surface area contributed by atoms with Crippen molar-refractivity contribution in [3.63, 3.8) is 0 Å². The first kappa shape index (κ1) is 13.3. The van der Waals surface area contributed by atoms with Crippen molar-refractivity contribution in [2.45, 2.75) is 6.42 Å². The minimum atomic E-state index is -0.589. The van der Waals surface area contributed by atoms with Crippen molar-refractivity contribution in [1.82, 2.24) is 5.32 Å². The number of carbonyl (C=O) groups is 2. The molecule has 5 nitrogen and oxygen atoms in total. The molecule has 0 aromatic heterocycles. The fraction of sp³-hybridized carbons (Fsp3) is 0.273. The maximum atomic E-state index is 11.6. The van der Waals surface area contributed by atoms with Gasteiger partial charge in [0.15, 0.2) is 0 Å². The Morgan fingerprint density at radius 3 is 2.82 bits per heavy atom. The Balaban J connectivity index is 2.59. The number of halogens is 1. The minimum absolute atomic E-state index is 0.00442. The van der Waals surface area contributed by atoms with Gasteiger partial charge in [-0.05, 0) is 12.1 Å². The monoisotopic (exact) mass is 256 g/mol. The lowest BCUT2D eigenvalue weighted by molar-refractivity contribution is -0.121. The summed E-state index contributed by atoms with van der Waals surface area (Å²) in [5.74, 6) is -0.786. The van der Waals surface area contributed by atoms with Gasteiger partial charge in [0.2, 0.25) is 5.91 Å². The van der Waals surface area contributed by atoms with Crippen molar-refractivity contribution in [3.05, 3.63) is 28.8 Å². The Morgan fingerprint density at radius 1 is 1.47 bits per heavy atom. The highest BCUT2D eigenvalue weighted by molar-refractivity contribution is 6.33. The standard InChI is InChI=1S/C11H13ClN2O3/c1-14-9(15)5-6-17-11(16)7-3-2-4-8(12)10(7)13/h2-4H,5-6,13H2,1H3,(H,14,15). The fourth-order valence-corrected chi connectivity index (χ4v) is 1.33. The van der Waals surface area contributed by atoms with E-state index in [9.17, 15) is 9.59 Å². The molecule has 0 aliphatic heterocycles. The van der Waals surface area contributed by atoms with E-state index in [-0.39, 0.29) is 30.2 Å². The lowest BCUT2D eigenvalue weighted by atomic mass is 10.2. The van der Waals surface area contributed by atoms with Gasteiger partial charge >= 0.3 is 5.97 Å². The van der Waals surface area contributed by atoms with Gasteiger partial charge in [-0.25, -0.2) is 4.79 Å². The van der Waals surface area contributed by atoms with E-state index in [2.05, 4.69) is 5.32 Å². The first-order chi connectivity index (χ1) is 8.06. The summed E-state index contributed by atoms with van der Waals surface area (Å²) in [6, 6.07) is 4.70. The zero-order chi connectivity index (χ0) is 12.8. The van der Waals surface area contributed by atoms with E-state index in [1.807, 2.05) is 0 Å². The van der Waals surface area contributed by atoms with Gasteiger partial charge in [0.1, 0.15) is 6.61 Å². The van der Waals surface area contributed by atoms with Crippen LogP contribution in [0.5, 0.6) is 0 Å². The Morgan fingerprint density at radius 2 is 2.18 bits per heavy atom. The van der Waals surface area contributed by atoms with Gasteiger partial charge in [0, 0.05) is 7.05 Å². The Labute approximate surface area is 104 Å². The van der Waals surface area contributed by atoms with Gasteiger partial charge in [-0.2, -0.15) is 0 Å². The molecule has 1 aromatic carbocycles. The molecule has 92 valence electrons. The second-order valence-corrected chi connectivity index (χ2v) is 3.67. The largest absolute Gasteiger partial charge is 0.461 e. The molecule has 6 heteroatoms. The van der Waals surface area contributed by atoms with Crippen LogP contribution < -0.4 is 11.1 Å². The molecule has 0 radical (unpaired) electrons. The lowest BCUT2D eigenvalue weighted by Gasteiger charge is -2.07. The SMILES string of the molecule is CNC(=O)CCOC(=O)c1cccc(Cl)c1N. The predicted molar refractivity (Wildman–Crippen MR) is 64.8 cm³/mol. The summed E-state index contributed by atoms with van der Waals surface area (Å²) in [6.07, 6.45) is 0.114. The molecule has 17 heavy (non-hydrogen) atoms. The van der Waals surface area contributed by atoms with E-state index in [0.29, 0.717) is 5.02 Å². The van der Waals surface area contributed by atoms with Crippen molar-refractivity contribution >= 4 is 29.2 Å². The quantitative estimate of drug-likeness (QED) is 0.627. The Bertz CT molecular complexity index is 435. The third-order valence-corrected chi connectivity index (χ3v) is 2.44. The zero-order valence-electron chi connectivity index (χ0n) is 9.33. The summed E-state index contributed by atoms with van der Waals surface area (Å²) in [6.45, 7) is 0.00442. The number of amides is 1. The number of para-hydroxylation sites is 1. The van der Waals surface area contributed by atoms with Crippen LogP contribution in [0.1, 0.15) is 16.8 Å². The molecule has 0 aliphatic rings. The van der Waals surface area contributed by atoms with Crippen LogP contribution in [0.2, 0.25) is 5.02 Å². The van der Waals surface area contributed by atoms with Crippen LogP contribution in [0, 0.1) is 0 Å². The molecule has 1 amide bonds. The number of carbonyl (C=O) groups excluding carboxylic acids is 2. The molecule has 0 saturated carbocycles. The molecule has 1 aromatic rings. The number of ether oxygens (including phenoxy) is 1. The van der Waals surface area contributed by atoms with Crippen molar-refractivity contribution < 1.29 is 14.3 Å². The van der Waals surface area contributed by atoms with Crippen LogP contribution in [0.15, 0.2) is 18.2 Å². The minimum Gasteiger partial charge on any atom is -0.461 e. The molecule has 1 rings (SSSR count). The average Bonchev–Trinajstić information content (AvgIpc) is 2.32. The van der Waals surface area contributed by atoms with Crippen molar-refractivity contribution in [3.8, 4) is 0 Å². The van der Waals surface area contributed by atoms with Crippen molar-refractivity contribution in [2.24, 2.45) is 0 Å². The summed E-state index contributed by atoms with van der Waals surface area (Å²) in [7, 11) is 1.51. The Kier molecular flexibility index (Phi) is 4.78. The van der Waals surface area contributed by atoms with E-state index in [0.717, 1.165) is 0 Å². The lowest BCUT2D eigenvalue weighted by Crippen LogP contribution is -2.20. The molecule has 0 unspecified atom stereocenters. The smallest absolute Gasteiger partial charge is 0.340 e. The van der Waals surface area contributed by atoms with Crippen LogP contribution in [0.4, 0.5) is 5.69 Å². The van der Waals surface area contributed by atoms with Gasteiger partial charge in [-0.3, -0.25) is 4.79 Å². The van der Waals surface area contributed by atoms with Crippen LogP contribution in [0.25, 0.3) is 0 Å². The number of nitrogen functional groups attached to an aromatic ring is 1. The van der Waals surface area contributed by atoms with E-state index >= 15 is 0 Å². The van der Waals surface area contributed by atoms with E-state index in [1.54, 1.807) is 12.1 Å². The molecule has 0 fully saturated rings. The van der Waals surface area contributed by atoms with E-state index < -0.39 is 5.97 Å². The van der Waals surface area contributed by atoms with Gasteiger partial charge in [-0.1, -0.05) is 17.7 Å². The predicted octanol–water partition coefficient (Wildman–Crippen LogP) is 1.22. The van der Waals surface area contributed by atoms with Crippen LogP contribution in [0.3, 0.4) is 0 Å². The molecule has 0 aliphatic carbocycles. The van der Waals surface area contributed by atoms with Gasteiger partial charge in [-0.15, -0.1) is 0 Å². The fourth-order valence-electron chi connectivity index (χ4n) is 1.15. The summed E-state index contributed by atoms with van der Waals surface area (Å²) in [5.41, 5.74) is 6.01. The van der Waals surface area contributed by atoms with Crippen LogP contribution in [-0.4, -0.2) is 25.5 Å². The second kappa shape index (κ2) is 6.10. The number of benzene rings is 1. The molecule has 0 heterocycles. The Hall–Kier alpha value is -1.75. The van der Waals surface area contributed by atoms with Gasteiger partial charge in [0.05, 0.1) is 22.7 Å². The highest BCUT2D eigenvalue weighted by atomic mass is 35.5. The number of nitrogens with two attached hydrogens (primary N) is 1. The van der Waals surface area contributed by atoms with Crippen LogP contribution >= 0.6 is 11.6 Å². The van der Waals surface area contributed by atoms with E-state index in [1.165, 1.54) is 13.1 Å². The van der Waals surface area contributed by atoms with E-state index in [4.69, 9.17) is 22.1 Å². The maximum absolute atomic E-state index is 11.6. The molecular weight excluding hydrogens is 244 g/mol. The molecular formula is C11H13ClN2O3. The summed E-state index contributed by atoms with van der Waals surface area (Å²) in [5, 5.41) is 2.72. The summed E-state index contributed by atoms with van der Waals surface area (Å²) < 4.78 is 4.90. The van der Waals surface area contributed by atoms with Gasteiger partial charge in [0.25, 0.3) is 0 Å². The van der Waals surface area contributed by atoms with Crippen LogP contribution in [-0.2, 0) is 9.53 Å². The summed E-state index contributed by atoms with van der Waals surface area (Å²) in [4.78, 5) is 22.5. The number of nitrogens with one attached hydrogen (secondary N) is 1. The number of esters is 1. The maximum Gasteiger partial charge on any atom is 0.340 e. The number of hydrogen-bond donors (Lipinski definition) is 2. The highest BCUT2D eigenvalue weighted by Crippen LogP contribution is 2.22.